The van der Waals surface area contributed by atoms with Crippen LogP contribution in [0.5, 0.6) is 0 Å². The van der Waals surface area contributed by atoms with Crippen molar-refractivity contribution in [2.75, 3.05) is 7.11 Å². The number of halogens is 1. The third-order valence-electron chi connectivity index (χ3n) is 2.77. The fourth-order valence-electron chi connectivity index (χ4n) is 1.35. The predicted molar refractivity (Wildman–Crippen MR) is 65.4 cm³/mol. The van der Waals surface area contributed by atoms with Gasteiger partial charge in [0.1, 0.15) is 5.60 Å². The second-order valence-electron chi connectivity index (χ2n) is 4.28. The Morgan fingerprint density at radius 2 is 2.12 bits per heavy atom. The van der Waals surface area contributed by atoms with Crippen molar-refractivity contribution in [1.29, 1.82) is 0 Å². The van der Waals surface area contributed by atoms with E-state index in [0.717, 1.165) is 15.9 Å². The van der Waals surface area contributed by atoms with E-state index in [2.05, 4.69) is 21.0 Å². The molecule has 0 aliphatic heterocycles. The number of aryl methyl sites for hydroxylation is 2. The first-order chi connectivity index (χ1) is 7.29. The molecule has 1 rings (SSSR count). The molecule has 0 fully saturated rings. The van der Waals surface area contributed by atoms with Crippen molar-refractivity contribution in [2.24, 2.45) is 7.05 Å². The lowest BCUT2D eigenvalue weighted by Crippen LogP contribution is -2.35. The van der Waals surface area contributed by atoms with Crippen molar-refractivity contribution in [2.45, 2.75) is 32.8 Å². The topological polar surface area (TPSA) is 44.1 Å². The zero-order valence-electron chi connectivity index (χ0n) is 10.3. The summed E-state index contributed by atoms with van der Waals surface area (Å²) in [7, 11) is 3.38. The molecule has 0 radical (unpaired) electrons. The highest BCUT2D eigenvalue weighted by Crippen LogP contribution is 2.23. The van der Waals surface area contributed by atoms with Crippen molar-refractivity contribution in [1.82, 2.24) is 9.78 Å². The van der Waals surface area contributed by atoms with Gasteiger partial charge in [-0.3, -0.25) is 9.48 Å². The molecule has 0 amide bonds. The maximum atomic E-state index is 12.0. The van der Waals surface area contributed by atoms with Crippen LogP contribution in [0.4, 0.5) is 0 Å². The van der Waals surface area contributed by atoms with Crippen LogP contribution in [0.3, 0.4) is 0 Å². The van der Waals surface area contributed by atoms with Crippen LogP contribution in [0.25, 0.3) is 0 Å². The Bertz CT molecular complexity index is 410. The van der Waals surface area contributed by atoms with E-state index in [1.165, 1.54) is 0 Å². The number of Topliss-reactive ketones (excluding diaryl/α,β-unsaturated/α-hetero) is 1. The summed E-state index contributed by atoms with van der Waals surface area (Å²) in [5.41, 5.74) is 1.02. The minimum atomic E-state index is -0.752. The van der Waals surface area contributed by atoms with E-state index in [9.17, 15) is 4.79 Å². The summed E-state index contributed by atoms with van der Waals surface area (Å²) in [4.78, 5) is 12.0. The molecule has 4 nitrogen and oxygen atoms in total. The molecule has 0 unspecified atom stereocenters. The fourth-order valence-corrected chi connectivity index (χ4v) is 1.83. The Balaban J connectivity index is 2.94. The third-order valence-corrected chi connectivity index (χ3v) is 3.80. The minimum absolute atomic E-state index is 0.0405. The van der Waals surface area contributed by atoms with E-state index < -0.39 is 5.60 Å². The van der Waals surface area contributed by atoms with Gasteiger partial charge in [0.25, 0.3) is 0 Å². The minimum Gasteiger partial charge on any atom is -0.371 e. The fraction of sp³-hybridized carbons (Fsp3) is 0.636. The molecule has 0 aliphatic rings. The Labute approximate surface area is 104 Å². The molecule has 1 aromatic heterocycles. The van der Waals surface area contributed by atoms with Crippen LogP contribution in [0, 0.1) is 6.92 Å². The maximum Gasteiger partial charge on any atom is 0.169 e. The summed E-state index contributed by atoms with van der Waals surface area (Å²) < 4.78 is 7.79. The number of rotatable bonds is 4. The second-order valence-corrected chi connectivity index (χ2v) is 5.08. The number of carbonyl (C=O) groups is 1. The van der Waals surface area contributed by atoms with E-state index in [0.29, 0.717) is 6.42 Å². The summed E-state index contributed by atoms with van der Waals surface area (Å²) >= 11 is 3.44. The van der Waals surface area contributed by atoms with Crippen LogP contribution < -0.4 is 0 Å². The average Bonchev–Trinajstić information content (AvgIpc) is 2.45. The molecule has 0 atom stereocenters. The number of ether oxygens (including phenoxy) is 1. The molecule has 0 aromatic carbocycles. The molecular weight excluding hydrogens is 272 g/mol. The van der Waals surface area contributed by atoms with Crippen molar-refractivity contribution >= 4 is 21.7 Å². The van der Waals surface area contributed by atoms with Gasteiger partial charge in [-0.1, -0.05) is 0 Å². The molecule has 90 valence electrons. The lowest BCUT2D eigenvalue weighted by Gasteiger charge is -2.21. The van der Waals surface area contributed by atoms with E-state index in [-0.39, 0.29) is 5.78 Å². The number of aromatic nitrogens is 2. The maximum absolute atomic E-state index is 12.0. The Morgan fingerprint density at radius 1 is 1.56 bits per heavy atom. The normalized spacial score (nSPS) is 11.9. The Morgan fingerprint density at radius 3 is 2.50 bits per heavy atom. The first kappa shape index (κ1) is 13.4. The molecule has 0 N–H and O–H groups in total. The van der Waals surface area contributed by atoms with E-state index in [1.807, 2.05) is 14.0 Å². The van der Waals surface area contributed by atoms with Crippen molar-refractivity contribution in [3.63, 3.8) is 0 Å². The lowest BCUT2D eigenvalue weighted by atomic mass is 9.99. The van der Waals surface area contributed by atoms with Gasteiger partial charge in [0.05, 0.1) is 22.3 Å². The molecule has 0 bridgehead atoms. The van der Waals surface area contributed by atoms with Gasteiger partial charge in [0.2, 0.25) is 0 Å². The highest BCUT2D eigenvalue weighted by Gasteiger charge is 2.28. The summed E-state index contributed by atoms with van der Waals surface area (Å²) in [6, 6.07) is 0. The molecule has 0 saturated carbocycles. The second kappa shape index (κ2) is 4.67. The molecule has 1 aromatic rings. The first-order valence-corrected chi connectivity index (χ1v) is 5.85. The van der Waals surface area contributed by atoms with E-state index in [4.69, 9.17) is 4.74 Å². The van der Waals surface area contributed by atoms with Crippen LogP contribution in [0.15, 0.2) is 4.47 Å². The smallest absolute Gasteiger partial charge is 0.169 e. The summed E-state index contributed by atoms with van der Waals surface area (Å²) in [5, 5.41) is 4.25. The van der Waals surface area contributed by atoms with Crippen LogP contribution in [0.2, 0.25) is 0 Å². The standard InChI is InChI=1S/C11H17BrN2O2/c1-7-10(12)8(14(4)13-7)6-9(15)11(2,3)16-5/h6H2,1-5H3. The van der Waals surface area contributed by atoms with Crippen LogP contribution >= 0.6 is 15.9 Å². The van der Waals surface area contributed by atoms with Crippen molar-refractivity contribution < 1.29 is 9.53 Å². The lowest BCUT2D eigenvalue weighted by molar-refractivity contribution is -0.136. The van der Waals surface area contributed by atoms with Crippen LogP contribution in [-0.2, 0) is 23.0 Å². The van der Waals surface area contributed by atoms with Gasteiger partial charge in [-0.25, -0.2) is 0 Å². The summed E-state index contributed by atoms with van der Waals surface area (Å²) in [5.74, 6) is 0.0405. The van der Waals surface area contributed by atoms with Crippen molar-refractivity contribution in [3.8, 4) is 0 Å². The van der Waals surface area contributed by atoms with Crippen LogP contribution in [0.1, 0.15) is 25.2 Å². The zero-order chi connectivity index (χ0) is 12.5. The quantitative estimate of drug-likeness (QED) is 0.852. The van der Waals surface area contributed by atoms with Gasteiger partial charge < -0.3 is 4.74 Å². The third kappa shape index (κ3) is 2.52. The summed E-state index contributed by atoms with van der Waals surface area (Å²) in [6.07, 6.45) is 0.318. The van der Waals surface area contributed by atoms with Gasteiger partial charge >= 0.3 is 0 Å². The molecule has 0 saturated heterocycles. The van der Waals surface area contributed by atoms with Crippen LogP contribution in [-0.4, -0.2) is 28.3 Å². The van der Waals surface area contributed by atoms with Gasteiger partial charge in [-0.2, -0.15) is 5.10 Å². The number of hydrogen-bond acceptors (Lipinski definition) is 3. The first-order valence-electron chi connectivity index (χ1n) is 5.06. The number of methoxy groups -OCH3 is 1. The molecule has 0 spiro atoms. The summed E-state index contributed by atoms with van der Waals surface area (Å²) in [6.45, 7) is 5.44. The van der Waals surface area contributed by atoms with Gasteiger partial charge in [0.15, 0.2) is 5.78 Å². The Kier molecular flexibility index (Phi) is 3.91. The SMILES string of the molecule is COC(C)(C)C(=O)Cc1c(Br)c(C)nn1C. The number of carbonyl (C=O) groups excluding carboxylic acids is 1. The highest BCUT2D eigenvalue weighted by molar-refractivity contribution is 9.10. The van der Waals surface area contributed by atoms with E-state index in [1.54, 1.807) is 25.6 Å². The average molecular weight is 289 g/mol. The van der Waals surface area contributed by atoms with Gasteiger partial charge in [0, 0.05) is 14.2 Å². The Hall–Kier alpha value is -0.680. The van der Waals surface area contributed by atoms with E-state index >= 15 is 0 Å². The highest BCUT2D eigenvalue weighted by atomic mass is 79.9. The number of nitrogens with zero attached hydrogens (tertiary/aromatic N) is 2. The molecule has 1 heterocycles. The molecule has 16 heavy (non-hydrogen) atoms. The number of ketones is 1. The zero-order valence-corrected chi connectivity index (χ0v) is 11.9. The van der Waals surface area contributed by atoms with Gasteiger partial charge in [-0.05, 0) is 36.7 Å². The van der Waals surface area contributed by atoms with Crippen molar-refractivity contribution in [3.05, 3.63) is 15.9 Å². The molecular formula is C11H17BrN2O2. The molecule has 5 heteroatoms. The number of hydrogen-bond donors (Lipinski definition) is 0. The monoisotopic (exact) mass is 288 g/mol. The predicted octanol–water partition coefficient (Wildman–Crippen LogP) is 2.03. The van der Waals surface area contributed by atoms with Gasteiger partial charge in [-0.15, -0.1) is 0 Å². The molecule has 0 aliphatic carbocycles. The largest absolute Gasteiger partial charge is 0.371 e.